The van der Waals surface area contributed by atoms with Gasteiger partial charge in [-0.1, -0.05) is 44.7 Å². The second-order valence-electron chi connectivity index (χ2n) is 8.37. The Balaban J connectivity index is 1.65. The maximum absolute atomic E-state index is 13.0. The fourth-order valence-corrected chi connectivity index (χ4v) is 4.71. The number of nitrogens with zero attached hydrogens (tertiary/aromatic N) is 1. The van der Waals surface area contributed by atoms with Crippen molar-refractivity contribution in [1.29, 1.82) is 0 Å². The highest BCUT2D eigenvalue weighted by Gasteiger charge is 2.21. The summed E-state index contributed by atoms with van der Waals surface area (Å²) in [5.74, 6) is 1.29. The summed E-state index contributed by atoms with van der Waals surface area (Å²) >= 11 is 0. The lowest BCUT2D eigenvalue weighted by molar-refractivity contribution is -0.0522. The first-order valence-electron chi connectivity index (χ1n) is 10.5. The molecule has 1 aliphatic heterocycles. The van der Waals surface area contributed by atoms with E-state index >= 15 is 0 Å². The number of aromatic nitrogens is 1. The van der Waals surface area contributed by atoms with Gasteiger partial charge in [-0.3, -0.25) is 4.79 Å². The van der Waals surface area contributed by atoms with E-state index in [4.69, 9.17) is 9.47 Å². The molecule has 0 amide bonds. The van der Waals surface area contributed by atoms with Crippen molar-refractivity contribution >= 4 is 10.9 Å². The molecule has 0 bridgehead atoms. The van der Waals surface area contributed by atoms with E-state index in [2.05, 4.69) is 32.0 Å². The molecule has 0 radical (unpaired) electrons. The van der Waals surface area contributed by atoms with Gasteiger partial charge >= 0.3 is 0 Å². The van der Waals surface area contributed by atoms with Crippen LogP contribution in [0.4, 0.5) is 0 Å². The highest BCUT2D eigenvalue weighted by atomic mass is 16.7. The average Bonchev–Trinajstić information content (AvgIpc) is 3.35. The van der Waals surface area contributed by atoms with Gasteiger partial charge in [0.1, 0.15) is 0 Å². The van der Waals surface area contributed by atoms with Gasteiger partial charge in [-0.2, -0.15) is 0 Å². The van der Waals surface area contributed by atoms with Crippen LogP contribution < -0.4 is 5.56 Å². The summed E-state index contributed by atoms with van der Waals surface area (Å²) in [5, 5.41) is 1.19. The number of hydrogen-bond donors (Lipinski definition) is 0. The SMILES string of the molecule is Cc1ccc2c(C(C)CCC3CCCC3)cc(=O)n(CC3OCCO3)c2c1. The molecule has 1 aromatic heterocycles. The van der Waals surface area contributed by atoms with Gasteiger partial charge in [-0.25, -0.2) is 0 Å². The zero-order valence-corrected chi connectivity index (χ0v) is 16.6. The third-order valence-corrected chi connectivity index (χ3v) is 6.34. The molecule has 1 saturated carbocycles. The zero-order valence-electron chi connectivity index (χ0n) is 16.6. The highest BCUT2D eigenvalue weighted by molar-refractivity contribution is 5.83. The number of ether oxygens (including phenoxy) is 2. The molecule has 146 valence electrons. The van der Waals surface area contributed by atoms with Crippen molar-refractivity contribution < 1.29 is 9.47 Å². The maximum atomic E-state index is 13.0. The van der Waals surface area contributed by atoms with Crippen LogP contribution in [0.3, 0.4) is 0 Å². The van der Waals surface area contributed by atoms with Crippen LogP contribution in [0.25, 0.3) is 10.9 Å². The van der Waals surface area contributed by atoms with E-state index in [0.717, 1.165) is 17.9 Å². The van der Waals surface area contributed by atoms with Gasteiger partial charge in [0.2, 0.25) is 0 Å². The Kier molecular flexibility index (Phi) is 5.65. The standard InChI is InChI=1S/C23H31NO3/c1-16-7-10-19-20(17(2)8-9-18-5-3-4-6-18)14-22(25)24(21(19)13-16)15-23-26-11-12-27-23/h7,10,13-14,17-18,23H,3-6,8-9,11-12,15H2,1-2H3. The van der Waals surface area contributed by atoms with Crippen molar-refractivity contribution in [2.45, 2.75) is 71.1 Å². The third-order valence-electron chi connectivity index (χ3n) is 6.34. The van der Waals surface area contributed by atoms with Gasteiger partial charge in [0, 0.05) is 11.5 Å². The molecule has 4 rings (SSSR count). The smallest absolute Gasteiger partial charge is 0.251 e. The summed E-state index contributed by atoms with van der Waals surface area (Å²) in [7, 11) is 0. The Morgan fingerprint density at radius 2 is 1.89 bits per heavy atom. The van der Waals surface area contributed by atoms with Crippen molar-refractivity contribution in [2.24, 2.45) is 5.92 Å². The molecule has 4 heteroatoms. The monoisotopic (exact) mass is 369 g/mol. The molecule has 2 aliphatic rings. The van der Waals surface area contributed by atoms with Gasteiger partial charge < -0.3 is 14.0 Å². The molecular formula is C23H31NO3. The van der Waals surface area contributed by atoms with Gasteiger partial charge in [0.05, 0.1) is 25.3 Å². The molecule has 4 nitrogen and oxygen atoms in total. The highest BCUT2D eigenvalue weighted by Crippen LogP contribution is 2.34. The third kappa shape index (κ3) is 4.12. The molecule has 2 fully saturated rings. The fraction of sp³-hybridized carbons (Fsp3) is 0.609. The minimum absolute atomic E-state index is 0.0508. The molecule has 1 unspecified atom stereocenters. The molecule has 2 aromatic rings. The largest absolute Gasteiger partial charge is 0.348 e. The van der Waals surface area contributed by atoms with E-state index in [1.807, 2.05) is 10.6 Å². The lowest BCUT2D eigenvalue weighted by Crippen LogP contribution is -2.28. The van der Waals surface area contributed by atoms with E-state index in [1.54, 1.807) is 0 Å². The van der Waals surface area contributed by atoms with Gasteiger partial charge in [-0.15, -0.1) is 0 Å². The van der Waals surface area contributed by atoms with Gasteiger partial charge in [-0.05, 0) is 48.8 Å². The van der Waals surface area contributed by atoms with Crippen LogP contribution in [0.5, 0.6) is 0 Å². The van der Waals surface area contributed by atoms with Crippen molar-refractivity contribution in [3.63, 3.8) is 0 Å². The van der Waals surface area contributed by atoms with E-state index in [9.17, 15) is 4.79 Å². The van der Waals surface area contributed by atoms with Gasteiger partial charge in [0.15, 0.2) is 6.29 Å². The first-order valence-corrected chi connectivity index (χ1v) is 10.5. The first kappa shape index (κ1) is 18.7. The second kappa shape index (κ2) is 8.15. The maximum Gasteiger partial charge on any atom is 0.251 e. The molecule has 27 heavy (non-hydrogen) atoms. The Labute approximate surface area is 161 Å². The van der Waals surface area contributed by atoms with Crippen LogP contribution in [0.1, 0.15) is 62.5 Å². The van der Waals surface area contributed by atoms with Crippen LogP contribution in [0.15, 0.2) is 29.1 Å². The van der Waals surface area contributed by atoms with Crippen LogP contribution >= 0.6 is 0 Å². The van der Waals surface area contributed by atoms with E-state index in [0.29, 0.717) is 25.7 Å². The molecular weight excluding hydrogens is 338 g/mol. The summed E-state index contributed by atoms with van der Waals surface area (Å²) in [5.41, 5.74) is 3.41. The minimum Gasteiger partial charge on any atom is -0.348 e. The normalized spacial score (nSPS) is 19.9. The lowest BCUT2D eigenvalue weighted by Gasteiger charge is -2.20. The summed E-state index contributed by atoms with van der Waals surface area (Å²) < 4.78 is 13.0. The Morgan fingerprint density at radius 1 is 1.15 bits per heavy atom. The van der Waals surface area contributed by atoms with Crippen molar-refractivity contribution in [1.82, 2.24) is 4.57 Å². The molecule has 2 heterocycles. The van der Waals surface area contributed by atoms with E-state index < -0.39 is 0 Å². The van der Waals surface area contributed by atoms with Gasteiger partial charge in [0.25, 0.3) is 5.56 Å². The zero-order chi connectivity index (χ0) is 18.8. The minimum atomic E-state index is -0.322. The molecule has 1 saturated heterocycles. The summed E-state index contributed by atoms with van der Waals surface area (Å²) in [6, 6.07) is 8.30. The Hall–Kier alpha value is -1.65. The topological polar surface area (TPSA) is 40.5 Å². The predicted molar refractivity (Wildman–Crippen MR) is 108 cm³/mol. The number of pyridine rings is 1. The van der Waals surface area contributed by atoms with E-state index in [-0.39, 0.29) is 11.8 Å². The van der Waals surface area contributed by atoms with Crippen LogP contribution in [-0.2, 0) is 16.0 Å². The number of rotatable bonds is 6. The average molecular weight is 370 g/mol. The van der Waals surface area contributed by atoms with Crippen molar-refractivity contribution in [3.05, 3.63) is 45.7 Å². The predicted octanol–water partition coefficient (Wildman–Crippen LogP) is 4.76. The van der Waals surface area contributed by atoms with Crippen molar-refractivity contribution in [2.75, 3.05) is 13.2 Å². The van der Waals surface area contributed by atoms with Crippen LogP contribution in [0.2, 0.25) is 0 Å². The molecule has 0 spiro atoms. The Morgan fingerprint density at radius 3 is 2.63 bits per heavy atom. The number of aryl methyl sites for hydroxylation is 1. The molecule has 1 aromatic carbocycles. The molecule has 0 N–H and O–H groups in total. The molecule has 1 aliphatic carbocycles. The van der Waals surface area contributed by atoms with Crippen LogP contribution in [-0.4, -0.2) is 24.1 Å². The summed E-state index contributed by atoms with van der Waals surface area (Å²) in [4.78, 5) is 13.0. The summed E-state index contributed by atoms with van der Waals surface area (Å²) in [6.07, 6.45) is 7.67. The second-order valence-corrected chi connectivity index (χ2v) is 8.37. The summed E-state index contributed by atoms with van der Waals surface area (Å²) in [6.45, 7) is 6.01. The van der Waals surface area contributed by atoms with Crippen LogP contribution in [0, 0.1) is 12.8 Å². The first-order chi connectivity index (χ1) is 13.1. The van der Waals surface area contributed by atoms with Crippen molar-refractivity contribution in [3.8, 4) is 0 Å². The number of benzene rings is 1. The number of hydrogen-bond acceptors (Lipinski definition) is 3. The molecule has 1 atom stereocenters. The van der Waals surface area contributed by atoms with E-state index in [1.165, 1.54) is 48.6 Å². The lowest BCUT2D eigenvalue weighted by atomic mass is 9.89. The fourth-order valence-electron chi connectivity index (χ4n) is 4.71. The quantitative estimate of drug-likeness (QED) is 0.737. The Bertz CT molecular complexity index is 845. The number of fused-ring (bicyclic) bond motifs is 1.